The summed E-state index contributed by atoms with van der Waals surface area (Å²) in [6.45, 7) is 25.3. The van der Waals surface area contributed by atoms with Crippen molar-refractivity contribution in [2.75, 3.05) is 34.5 Å². The molecule has 3 rings (SSSR count). The van der Waals surface area contributed by atoms with Crippen LogP contribution in [-0.4, -0.2) is 110 Å². The highest BCUT2D eigenvalue weighted by Gasteiger charge is 2.48. The molecule has 8 atom stereocenters. The smallest absolute Gasteiger partial charge is 0.417 e. The van der Waals surface area contributed by atoms with Crippen molar-refractivity contribution in [2.24, 2.45) is 11.8 Å². The first-order valence-electron chi connectivity index (χ1n) is 22.8. The molecule has 346 valence electrons. The number of nitrogens with zero attached hydrogens (tertiary/aromatic N) is 1. The Morgan fingerprint density at radius 3 is 1.87 bits per heavy atom. The number of carbonyl (C=O) groups excluding carboxylic acids is 2. The Labute approximate surface area is 370 Å². The van der Waals surface area contributed by atoms with E-state index in [-0.39, 0.29) is 25.2 Å². The average Bonchev–Trinajstić information content (AvgIpc) is 3.61. The fraction of sp³-hybridized carbons (Fsp3) is 0.708. The topological polar surface area (TPSA) is 122 Å². The number of methoxy groups -OCH3 is 3. The van der Waals surface area contributed by atoms with Gasteiger partial charge >= 0.3 is 6.09 Å². The van der Waals surface area contributed by atoms with Gasteiger partial charge in [0.2, 0.25) is 0 Å². The summed E-state index contributed by atoms with van der Waals surface area (Å²) >= 11 is 0. The number of hydrogen-bond donors (Lipinski definition) is 1. The molecule has 0 spiro atoms. The van der Waals surface area contributed by atoms with Gasteiger partial charge in [0.15, 0.2) is 22.7 Å². The van der Waals surface area contributed by atoms with E-state index in [2.05, 4.69) is 69.2 Å². The minimum absolute atomic E-state index is 0.0216. The lowest BCUT2D eigenvalue weighted by molar-refractivity contribution is -0.156. The van der Waals surface area contributed by atoms with Crippen LogP contribution < -0.4 is 4.74 Å². The van der Waals surface area contributed by atoms with Gasteiger partial charge in [0.1, 0.15) is 12.4 Å². The first-order chi connectivity index (χ1) is 29.0. The van der Waals surface area contributed by atoms with E-state index in [4.69, 9.17) is 32.5 Å². The lowest BCUT2D eigenvalue weighted by Gasteiger charge is -2.44. The van der Waals surface area contributed by atoms with Gasteiger partial charge in [0, 0.05) is 20.8 Å². The number of cyclic esters (lactones) is 1. The van der Waals surface area contributed by atoms with Crippen molar-refractivity contribution < 1.29 is 47.2 Å². The molecular formula is C48H81NO10Si2. The zero-order valence-electron chi connectivity index (χ0n) is 40.0. The molecule has 0 bridgehead atoms. The Balaban J connectivity index is 1.96. The molecule has 2 aromatic carbocycles. The molecule has 1 heterocycles. The predicted molar refractivity (Wildman–Crippen MR) is 248 cm³/mol. The summed E-state index contributed by atoms with van der Waals surface area (Å²) in [4.78, 5) is 29.0. The summed E-state index contributed by atoms with van der Waals surface area (Å²) in [5.74, 6) is -0.302. The van der Waals surface area contributed by atoms with E-state index in [0.29, 0.717) is 48.2 Å². The van der Waals surface area contributed by atoms with E-state index in [1.807, 2.05) is 61.5 Å². The lowest BCUT2D eigenvalue weighted by Crippen LogP contribution is -2.54. The van der Waals surface area contributed by atoms with Gasteiger partial charge < -0.3 is 37.6 Å². The Hall–Kier alpha value is -2.63. The van der Waals surface area contributed by atoms with E-state index in [1.165, 1.54) is 0 Å². The molecule has 61 heavy (non-hydrogen) atoms. The Bertz CT molecular complexity index is 1540. The highest BCUT2D eigenvalue weighted by Crippen LogP contribution is 2.43. The Kier molecular flexibility index (Phi) is 21.6. The number of imide groups is 1. The summed E-state index contributed by atoms with van der Waals surface area (Å²) in [5, 5.41) is 12.3. The summed E-state index contributed by atoms with van der Waals surface area (Å²) < 4.78 is 44.2. The highest BCUT2D eigenvalue weighted by molar-refractivity contribution is 6.77. The van der Waals surface area contributed by atoms with Gasteiger partial charge in [-0.1, -0.05) is 119 Å². The van der Waals surface area contributed by atoms with Crippen LogP contribution in [0.2, 0.25) is 34.8 Å². The summed E-state index contributed by atoms with van der Waals surface area (Å²) in [5.41, 5.74) is 3.18. The van der Waals surface area contributed by atoms with Crippen LogP contribution in [0.25, 0.3) is 0 Å². The molecular weight excluding hydrogens is 807 g/mol. The SMILES string of the molecule is CC[Si](CC)(CC)O[C@H]([C@H](C[C@@H](C)CO[Si](C(C)C)(C(C)C)C(C)C)OC)[C@H](C[C@@H](C)[C@@H](O)[C@H](OCc1ccc(OC)cc1)C(=O)N1C(=O)OC[C@@H]1Cc1ccccc1)OC. The van der Waals surface area contributed by atoms with Crippen LogP contribution in [0, 0.1) is 11.8 Å². The van der Waals surface area contributed by atoms with Gasteiger partial charge in [0.25, 0.3) is 5.91 Å². The summed E-state index contributed by atoms with van der Waals surface area (Å²) in [7, 11) is 0.715. The number of ether oxygens (including phenoxy) is 5. The van der Waals surface area contributed by atoms with Crippen molar-refractivity contribution in [1.82, 2.24) is 4.90 Å². The molecule has 0 saturated carbocycles. The van der Waals surface area contributed by atoms with Crippen molar-refractivity contribution >= 4 is 28.6 Å². The highest BCUT2D eigenvalue weighted by atomic mass is 28.4. The van der Waals surface area contributed by atoms with Crippen LogP contribution in [0.3, 0.4) is 0 Å². The van der Waals surface area contributed by atoms with E-state index < -0.39 is 65.0 Å². The monoisotopic (exact) mass is 888 g/mol. The minimum Gasteiger partial charge on any atom is -0.497 e. The van der Waals surface area contributed by atoms with E-state index >= 15 is 0 Å². The van der Waals surface area contributed by atoms with Crippen LogP contribution in [0.15, 0.2) is 54.6 Å². The van der Waals surface area contributed by atoms with Gasteiger partial charge in [-0.05, 0) is 89.1 Å². The van der Waals surface area contributed by atoms with E-state index in [1.54, 1.807) is 21.3 Å². The standard InChI is InChI=1S/C48H81NO10Si2/c1-15-60(16-2,17-3)59-45(42(54-13)27-36(10)30-58-61(33(4)5,34(6)7)35(8)9)43(55-14)28-37(11)44(50)46(56-31-39-23-25-41(53-12)26-24-39)47(51)49-40(32-57-48(49)52)29-38-21-19-18-20-22-38/h18-26,33-37,40,42-46,50H,15-17,27-32H2,1-14H3/t36-,37-,40+,42+,43+,44-,45-,46+/m1/s1. The number of benzene rings is 2. The third kappa shape index (κ3) is 13.7. The van der Waals surface area contributed by atoms with Gasteiger partial charge in [-0.2, -0.15) is 0 Å². The molecule has 2 amide bonds. The zero-order valence-corrected chi connectivity index (χ0v) is 42.0. The van der Waals surface area contributed by atoms with Gasteiger partial charge in [-0.15, -0.1) is 0 Å². The second-order valence-electron chi connectivity index (χ2n) is 18.3. The fourth-order valence-corrected chi connectivity index (χ4v) is 18.0. The zero-order chi connectivity index (χ0) is 45.5. The second-order valence-corrected chi connectivity index (χ2v) is 28.4. The first-order valence-corrected chi connectivity index (χ1v) is 27.5. The van der Waals surface area contributed by atoms with Crippen LogP contribution >= 0.6 is 0 Å². The maximum absolute atomic E-state index is 14.6. The molecule has 13 heteroatoms. The maximum Gasteiger partial charge on any atom is 0.417 e. The largest absolute Gasteiger partial charge is 0.497 e. The third-order valence-corrected chi connectivity index (χ3v) is 24.2. The summed E-state index contributed by atoms with van der Waals surface area (Å²) in [6, 6.07) is 19.3. The molecule has 1 fully saturated rings. The van der Waals surface area contributed by atoms with E-state index in [9.17, 15) is 14.7 Å². The Morgan fingerprint density at radius 1 is 0.803 bits per heavy atom. The Morgan fingerprint density at radius 2 is 1.36 bits per heavy atom. The molecule has 2 aromatic rings. The second kappa shape index (κ2) is 25.0. The number of carbonyl (C=O) groups is 2. The van der Waals surface area contributed by atoms with Crippen molar-refractivity contribution in [3.05, 3.63) is 65.7 Å². The number of aliphatic hydroxyl groups is 1. The lowest BCUT2D eigenvalue weighted by atomic mass is 9.88. The molecule has 1 aliphatic rings. The quantitative estimate of drug-likeness (QED) is 0.0827. The molecule has 1 aliphatic heterocycles. The third-order valence-electron chi connectivity index (χ3n) is 13.5. The molecule has 0 unspecified atom stereocenters. The predicted octanol–water partition coefficient (Wildman–Crippen LogP) is 10.2. The maximum atomic E-state index is 14.6. The molecule has 1 saturated heterocycles. The van der Waals surface area contributed by atoms with Gasteiger partial charge in [0.05, 0.1) is 44.2 Å². The molecule has 11 nitrogen and oxygen atoms in total. The first kappa shape index (κ1) is 52.7. The van der Waals surface area contributed by atoms with Gasteiger partial charge in [-0.25, -0.2) is 9.69 Å². The van der Waals surface area contributed by atoms with E-state index in [0.717, 1.165) is 34.2 Å². The number of aliphatic hydroxyl groups excluding tert-OH is 1. The van der Waals surface area contributed by atoms with Gasteiger partial charge in [-0.3, -0.25) is 4.79 Å². The normalized spacial score (nSPS) is 18.6. The van der Waals surface area contributed by atoms with Crippen LogP contribution in [-0.2, 0) is 45.6 Å². The molecule has 1 N–H and O–H groups in total. The molecule has 0 radical (unpaired) electrons. The molecule has 0 aromatic heterocycles. The van der Waals surface area contributed by atoms with Crippen molar-refractivity contribution in [1.29, 1.82) is 0 Å². The number of hydrogen-bond acceptors (Lipinski definition) is 10. The number of rotatable bonds is 28. The van der Waals surface area contributed by atoms with Crippen molar-refractivity contribution in [3.8, 4) is 5.75 Å². The summed E-state index contributed by atoms with van der Waals surface area (Å²) in [6.07, 6.45) is -3.24. The van der Waals surface area contributed by atoms with Crippen LogP contribution in [0.5, 0.6) is 5.75 Å². The number of amides is 2. The molecule has 0 aliphatic carbocycles. The van der Waals surface area contributed by atoms with Crippen molar-refractivity contribution in [3.63, 3.8) is 0 Å². The van der Waals surface area contributed by atoms with Crippen molar-refractivity contribution in [2.45, 2.75) is 173 Å². The minimum atomic E-state index is -2.22. The fourth-order valence-electron chi connectivity index (χ4n) is 9.59. The average molecular weight is 888 g/mol. The van der Waals surface area contributed by atoms with Crippen LogP contribution in [0.4, 0.5) is 4.79 Å². The van der Waals surface area contributed by atoms with Crippen LogP contribution in [0.1, 0.15) is 100 Å².